The molecule has 2 rings (SSSR count). The Morgan fingerprint density at radius 2 is 1.95 bits per heavy atom. The van der Waals surface area contributed by atoms with E-state index in [2.05, 4.69) is 4.90 Å². The summed E-state index contributed by atoms with van der Waals surface area (Å²) in [5.74, 6) is -0.117. The molecule has 0 aromatic heterocycles. The number of amides is 1. The van der Waals surface area contributed by atoms with Gasteiger partial charge in [0.05, 0.1) is 12.2 Å². The number of aliphatic hydroxyl groups is 1. The average Bonchev–Trinajstić information content (AvgIpc) is 2.42. The van der Waals surface area contributed by atoms with Gasteiger partial charge in [-0.05, 0) is 18.2 Å². The van der Waals surface area contributed by atoms with Crippen molar-refractivity contribution in [1.82, 2.24) is 9.80 Å². The molecule has 0 radical (unpaired) electrons. The van der Waals surface area contributed by atoms with Crippen LogP contribution in [-0.4, -0.2) is 65.3 Å². The highest BCUT2D eigenvalue weighted by Crippen LogP contribution is 2.20. The molecule has 1 saturated heterocycles. The van der Waals surface area contributed by atoms with Crippen molar-refractivity contribution in [2.75, 3.05) is 45.1 Å². The highest BCUT2D eigenvalue weighted by Gasteiger charge is 2.23. The predicted octanol–water partition coefficient (Wildman–Crippen LogP) is -0.276. The van der Waals surface area contributed by atoms with E-state index in [0.717, 1.165) is 13.1 Å². The van der Waals surface area contributed by atoms with Gasteiger partial charge in [0.25, 0.3) is 5.91 Å². The SMILES string of the molecule is Nc1ccc(O)cc1C(=O)N1CCN(CCO)CC1. The van der Waals surface area contributed by atoms with E-state index < -0.39 is 0 Å². The van der Waals surface area contributed by atoms with Gasteiger partial charge in [0.15, 0.2) is 0 Å². The van der Waals surface area contributed by atoms with Crippen LogP contribution in [0.1, 0.15) is 10.4 Å². The normalized spacial score (nSPS) is 16.6. The van der Waals surface area contributed by atoms with E-state index in [1.807, 2.05) is 0 Å². The third-order valence-corrected chi connectivity index (χ3v) is 3.34. The maximum atomic E-state index is 12.3. The number of aliphatic hydroxyl groups excluding tert-OH is 1. The fourth-order valence-electron chi connectivity index (χ4n) is 2.22. The number of carbonyl (C=O) groups is 1. The third kappa shape index (κ3) is 3.15. The summed E-state index contributed by atoms with van der Waals surface area (Å²) >= 11 is 0. The molecule has 1 aliphatic rings. The van der Waals surface area contributed by atoms with Crippen molar-refractivity contribution in [3.05, 3.63) is 23.8 Å². The van der Waals surface area contributed by atoms with Gasteiger partial charge in [0, 0.05) is 38.4 Å². The standard InChI is InChI=1S/C13H19N3O3/c14-12-2-1-10(18)9-11(12)13(19)16-5-3-15(4-6-16)7-8-17/h1-2,9,17-18H,3-8,14H2. The molecule has 1 aromatic rings. The lowest BCUT2D eigenvalue weighted by molar-refractivity contribution is 0.0615. The number of phenolic OH excluding ortho intramolecular Hbond substituents is 1. The third-order valence-electron chi connectivity index (χ3n) is 3.34. The van der Waals surface area contributed by atoms with E-state index in [4.69, 9.17) is 10.8 Å². The largest absolute Gasteiger partial charge is 0.508 e. The minimum absolute atomic E-state index is 0.0384. The number of anilines is 1. The number of β-amino-alcohol motifs (C(OH)–C–C–N with tert-alkyl or cyclic N) is 1. The summed E-state index contributed by atoms with van der Waals surface area (Å²) in [4.78, 5) is 16.1. The van der Waals surface area contributed by atoms with Crippen LogP contribution in [-0.2, 0) is 0 Å². The maximum absolute atomic E-state index is 12.3. The minimum Gasteiger partial charge on any atom is -0.508 e. The van der Waals surface area contributed by atoms with Crippen LogP contribution in [0.15, 0.2) is 18.2 Å². The Labute approximate surface area is 112 Å². The fraction of sp³-hybridized carbons (Fsp3) is 0.462. The second kappa shape index (κ2) is 5.90. The number of carbonyl (C=O) groups excluding carboxylic acids is 1. The van der Waals surface area contributed by atoms with Gasteiger partial charge in [0.1, 0.15) is 5.75 Å². The molecule has 6 nitrogen and oxygen atoms in total. The number of nitrogen functional groups attached to an aromatic ring is 1. The molecule has 0 atom stereocenters. The van der Waals surface area contributed by atoms with Gasteiger partial charge in [-0.15, -0.1) is 0 Å². The van der Waals surface area contributed by atoms with Gasteiger partial charge in [-0.2, -0.15) is 0 Å². The van der Waals surface area contributed by atoms with Crippen molar-refractivity contribution in [3.63, 3.8) is 0 Å². The quantitative estimate of drug-likeness (QED) is 0.517. The van der Waals surface area contributed by atoms with Crippen LogP contribution in [0.5, 0.6) is 5.75 Å². The van der Waals surface area contributed by atoms with Gasteiger partial charge in [-0.25, -0.2) is 0 Å². The van der Waals surface area contributed by atoms with Gasteiger partial charge < -0.3 is 20.8 Å². The molecule has 1 aromatic carbocycles. The summed E-state index contributed by atoms with van der Waals surface area (Å²) in [5, 5.41) is 18.3. The van der Waals surface area contributed by atoms with E-state index in [9.17, 15) is 9.90 Å². The van der Waals surface area contributed by atoms with Crippen LogP contribution in [0.4, 0.5) is 5.69 Å². The summed E-state index contributed by atoms with van der Waals surface area (Å²) in [7, 11) is 0. The number of aromatic hydroxyl groups is 1. The highest BCUT2D eigenvalue weighted by atomic mass is 16.3. The number of nitrogens with two attached hydrogens (primary N) is 1. The van der Waals surface area contributed by atoms with Crippen molar-refractivity contribution in [3.8, 4) is 5.75 Å². The molecule has 0 unspecified atom stereocenters. The molecule has 0 aliphatic carbocycles. The maximum Gasteiger partial charge on any atom is 0.256 e. The molecule has 1 amide bonds. The zero-order chi connectivity index (χ0) is 13.8. The molecule has 104 valence electrons. The van der Waals surface area contributed by atoms with Gasteiger partial charge in [-0.1, -0.05) is 0 Å². The Kier molecular flexibility index (Phi) is 4.24. The molecule has 0 bridgehead atoms. The topological polar surface area (TPSA) is 90.0 Å². The number of benzene rings is 1. The molecular formula is C13H19N3O3. The molecule has 0 spiro atoms. The molecular weight excluding hydrogens is 246 g/mol. The summed E-state index contributed by atoms with van der Waals surface area (Å²) in [6, 6.07) is 4.40. The Hall–Kier alpha value is -1.79. The Balaban J connectivity index is 2.03. The van der Waals surface area contributed by atoms with Gasteiger partial charge >= 0.3 is 0 Å². The number of hydrogen-bond acceptors (Lipinski definition) is 5. The van der Waals surface area contributed by atoms with Crippen LogP contribution in [0.25, 0.3) is 0 Å². The zero-order valence-electron chi connectivity index (χ0n) is 10.7. The predicted molar refractivity (Wildman–Crippen MR) is 71.9 cm³/mol. The molecule has 1 aliphatic heterocycles. The van der Waals surface area contributed by atoms with Crippen molar-refractivity contribution >= 4 is 11.6 Å². The van der Waals surface area contributed by atoms with Crippen LogP contribution in [0.2, 0.25) is 0 Å². The fourth-order valence-corrected chi connectivity index (χ4v) is 2.22. The van der Waals surface area contributed by atoms with Crippen molar-refractivity contribution < 1.29 is 15.0 Å². The Morgan fingerprint density at radius 1 is 1.26 bits per heavy atom. The second-order valence-electron chi connectivity index (χ2n) is 4.63. The lowest BCUT2D eigenvalue weighted by Gasteiger charge is -2.34. The molecule has 1 heterocycles. The second-order valence-corrected chi connectivity index (χ2v) is 4.63. The molecule has 1 fully saturated rings. The molecule has 6 heteroatoms. The van der Waals surface area contributed by atoms with Gasteiger partial charge in [0.2, 0.25) is 0 Å². The number of hydrogen-bond donors (Lipinski definition) is 3. The van der Waals surface area contributed by atoms with E-state index in [1.165, 1.54) is 18.2 Å². The highest BCUT2D eigenvalue weighted by molar-refractivity contribution is 5.99. The van der Waals surface area contributed by atoms with Crippen molar-refractivity contribution in [2.45, 2.75) is 0 Å². The van der Waals surface area contributed by atoms with Crippen molar-refractivity contribution in [2.24, 2.45) is 0 Å². The van der Waals surface area contributed by atoms with Crippen LogP contribution >= 0.6 is 0 Å². The van der Waals surface area contributed by atoms with E-state index >= 15 is 0 Å². The number of nitrogens with zero attached hydrogens (tertiary/aromatic N) is 2. The lowest BCUT2D eigenvalue weighted by atomic mass is 10.1. The lowest BCUT2D eigenvalue weighted by Crippen LogP contribution is -2.49. The zero-order valence-corrected chi connectivity index (χ0v) is 10.7. The first-order valence-electron chi connectivity index (χ1n) is 6.33. The summed E-state index contributed by atoms with van der Waals surface area (Å²) in [6.07, 6.45) is 0. The molecule has 19 heavy (non-hydrogen) atoms. The van der Waals surface area contributed by atoms with Crippen LogP contribution in [0.3, 0.4) is 0 Å². The summed E-state index contributed by atoms with van der Waals surface area (Å²) < 4.78 is 0. The number of phenols is 1. The molecule has 4 N–H and O–H groups in total. The summed E-state index contributed by atoms with van der Waals surface area (Å²) in [6.45, 7) is 3.46. The van der Waals surface area contributed by atoms with Crippen LogP contribution < -0.4 is 5.73 Å². The van der Waals surface area contributed by atoms with E-state index in [-0.39, 0.29) is 18.3 Å². The van der Waals surface area contributed by atoms with E-state index in [1.54, 1.807) is 4.90 Å². The van der Waals surface area contributed by atoms with E-state index in [0.29, 0.717) is 30.9 Å². The first kappa shape index (κ1) is 13.6. The Morgan fingerprint density at radius 3 is 2.58 bits per heavy atom. The first-order chi connectivity index (χ1) is 9.11. The number of piperazine rings is 1. The summed E-state index contributed by atoms with van der Waals surface area (Å²) in [5.41, 5.74) is 6.49. The first-order valence-corrected chi connectivity index (χ1v) is 6.33. The molecule has 0 saturated carbocycles. The number of rotatable bonds is 3. The smallest absolute Gasteiger partial charge is 0.256 e. The van der Waals surface area contributed by atoms with Crippen LogP contribution in [0, 0.1) is 0 Å². The van der Waals surface area contributed by atoms with Crippen molar-refractivity contribution in [1.29, 1.82) is 0 Å². The monoisotopic (exact) mass is 265 g/mol. The minimum atomic E-state index is -0.156. The Bertz CT molecular complexity index is 456. The van der Waals surface area contributed by atoms with Gasteiger partial charge in [-0.3, -0.25) is 9.69 Å². The average molecular weight is 265 g/mol.